The highest BCUT2D eigenvalue weighted by Gasteiger charge is 2.36. The molecule has 2 atom stereocenters. The molecule has 0 aromatic heterocycles. The first-order chi connectivity index (χ1) is 6.29. The number of nitrogens with zero attached hydrogens (tertiary/aromatic N) is 1. The van der Waals surface area contributed by atoms with Gasteiger partial charge in [-0.2, -0.15) is 0 Å². The third kappa shape index (κ3) is 1.63. The first kappa shape index (κ1) is 8.81. The quantitative estimate of drug-likeness (QED) is 0.619. The lowest BCUT2D eigenvalue weighted by Gasteiger charge is -2.42. The molecule has 1 N–H and O–H groups in total. The van der Waals surface area contributed by atoms with Crippen LogP contribution in [0.1, 0.15) is 25.7 Å². The largest absolute Gasteiger partial charge is 0.465 e. The Morgan fingerprint density at radius 2 is 2.15 bits per heavy atom. The molecule has 0 aromatic carbocycles. The van der Waals surface area contributed by atoms with Gasteiger partial charge in [0.05, 0.1) is 18.8 Å². The van der Waals surface area contributed by atoms with Crippen molar-refractivity contribution in [3.8, 4) is 0 Å². The Bertz CT molecular complexity index is 205. The van der Waals surface area contributed by atoms with Crippen molar-refractivity contribution >= 4 is 6.09 Å². The zero-order chi connectivity index (χ0) is 9.26. The van der Waals surface area contributed by atoms with Gasteiger partial charge in [-0.1, -0.05) is 12.8 Å². The summed E-state index contributed by atoms with van der Waals surface area (Å²) in [7, 11) is 0. The molecule has 0 aromatic rings. The maximum Gasteiger partial charge on any atom is 0.407 e. The van der Waals surface area contributed by atoms with E-state index in [0.29, 0.717) is 13.2 Å². The third-order valence-corrected chi connectivity index (χ3v) is 2.98. The van der Waals surface area contributed by atoms with Crippen LogP contribution in [-0.2, 0) is 4.74 Å². The van der Waals surface area contributed by atoms with E-state index in [1.54, 1.807) is 4.90 Å². The monoisotopic (exact) mass is 185 g/mol. The summed E-state index contributed by atoms with van der Waals surface area (Å²) in [4.78, 5) is 12.4. The van der Waals surface area contributed by atoms with E-state index in [4.69, 9.17) is 9.84 Å². The van der Waals surface area contributed by atoms with E-state index in [2.05, 4.69) is 0 Å². The molecule has 1 heterocycles. The fourth-order valence-electron chi connectivity index (χ4n) is 2.33. The van der Waals surface area contributed by atoms with Crippen molar-refractivity contribution in [2.75, 3.05) is 13.2 Å². The van der Waals surface area contributed by atoms with E-state index >= 15 is 0 Å². The molecule has 2 rings (SSSR count). The lowest BCUT2D eigenvalue weighted by atomic mass is 9.90. The van der Waals surface area contributed by atoms with Gasteiger partial charge in [-0.15, -0.1) is 0 Å². The predicted octanol–water partition coefficient (Wildman–Crippen LogP) is 1.31. The molecule has 13 heavy (non-hydrogen) atoms. The second-order valence-corrected chi connectivity index (χ2v) is 3.74. The molecule has 4 nitrogen and oxygen atoms in total. The van der Waals surface area contributed by atoms with Crippen LogP contribution in [0.15, 0.2) is 0 Å². The van der Waals surface area contributed by atoms with Crippen LogP contribution < -0.4 is 0 Å². The number of rotatable bonds is 0. The van der Waals surface area contributed by atoms with Crippen molar-refractivity contribution in [1.82, 2.24) is 4.90 Å². The number of fused-ring (bicyclic) bond motifs is 1. The van der Waals surface area contributed by atoms with Crippen molar-refractivity contribution in [1.29, 1.82) is 0 Å². The van der Waals surface area contributed by atoms with Crippen molar-refractivity contribution in [3.05, 3.63) is 0 Å². The van der Waals surface area contributed by atoms with E-state index in [1.165, 1.54) is 6.42 Å². The normalized spacial score (nSPS) is 34.0. The molecule has 1 saturated heterocycles. The van der Waals surface area contributed by atoms with Crippen molar-refractivity contribution in [3.63, 3.8) is 0 Å². The zero-order valence-electron chi connectivity index (χ0n) is 7.61. The molecule has 0 spiro atoms. The SMILES string of the molecule is O=C(O)N1CCOC2CCCCC21. The fraction of sp³-hybridized carbons (Fsp3) is 0.889. The minimum Gasteiger partial charge on any atom is -0.465 e. The Labute approximate surface area is 77.5 Å². The van der Waals surface area contributed by atoms with Crippen LogP contribution in [0.3, 0.4) is 0 Å². The van der Waals surface area contributed by atoms with Gasteiger partial charge >= 0.3 is 6.09 Å². The molecule has 1 amide bonds. The fourth-order valence-corrected chi connectivity index (χ4v) is 2.33. The number of morpholine rings is 1. The van der Waals surface area contributed by atoms with Crippen LogP contribution in [0.25, 0.3) is 0 Å². The van der Waals surface area contributed by atoms with Gasteiger partial charge in [-0.05, 0) is 12.8 Å². The molecule has 2 fully saturated rings. The maximum absolute atomic E-state index is 10.9. The van der Waals surface area contributed by atoms with Crippen molar-refractivity contribution in [2.24, 2.45) is 0 Å². The van der Waals surface area contributed by atoms with Crippen LogP contribution in [-0.4, -0.2) is 41.4 Å². The summed E-state index contributed by atoms with van der Waals surface area (Å²) in [6.45, 7) is 1.10. The Morgan fingerprint density at radius 1 is 1.38 bits per heavy atom. The minimum atomic E-state index is -0.791. The van der Waals surface area contributed by atoms with Gasteiger partial charge in [-0.25, -0.2) is 4.79 Å². The Morgan fingerprint density at radius 3 is 2.92 bits per heavy atom. The van der Waals surface area contributed by atoms with Crippen molar-refractivity contribution < 1.29 is 14.6 Å². The number of carbonyl (C=O) groups is 1. The zero-order valence-corrected chi connectivity index (χ0v) is 7.61. The number of carboxylic acid groups (broad SMARTS) is 1. The molecule has 1 saturated carbocycles. The van der Waals surface area contributed by atoms with Crippen LogP contribution >= 0.6 is 0 Å². The average Bonchev–Trinajstić information content (AvgIpc) is 2.17. The van der Waals surface area contributed by atoms with Gasteiger partial charge in [0.2, 0.25) is 0 Å². The van der Waals surface area contributed by atoms with E-state index in [0.717, 1.165) is 19.3 Å². The lowest BCUT2D eigenvalue weighted by Crippen LogP contribution is -2.54. The second-order valence-electron chi connectivity index (χ2n) is 3.74. The summed E-state index contributed by atoms with van der Waals surface area (Å²) in [5.74, 6) is 0. The second kappa shape index (κ2) is 3.54. The molecule has 0 bridgehead atoms. The van der Waals surface area contributed by atoms with Gasteiger partial charge in [-0.3, -0.25) is 0 Å². The highest BCUT2D eigenvalue weighted by molar-refractivity contribution is 5.65. The van der Waals surface area contributed by atoms with Crippen LogP contribution in [0.4, 0.5) is 4.79 Å². The average molecular weight is 185 g/mol. The minimum absolute atomic E-state index is 0.125. The number of ether oxygens (including phenoxy) is 1. The van der Waals surface area contributed by atoms with Gasteiger partial charge in [0.15, 0.2) is 0 Å². The maximum atomic E-state index is 10.9. The number of hydrogen-bond acceptors (Lipinski definition) is 2. The van der Waals surface area contributed by atoms with Gasteiger partial charge in [0, 0.05) is 6.54 Å². The topological polar surface area (TPSA) is 49.8 Å². The van der Waals surface area contributed by atoms with Crippen LogP contribution in [0, 0.1) is 0 Å². The standard InChI is InChI=1S/C9H15NO3/c11-9(12)10-5-6-13-8-4-2-1-3-7(8)10/h7-8H,1-6H2,(H,11,12). The molecule has 1 aliphatic carbocycles. The van der Waals surface area contributed by atoms with E-state index < -0.39 is 6.09 Å². The highest BCUT2D eigenvalue weighted by atomic mass is 16.5. The molecule has 0 radical (unpaired) electrons. The molecule has 74 valence electrons. The summed E-state index contributed by atoms with van der Waals surface area (Å²) in [6, 6.07) is 0.125. The molecule has 2 unspecified atom stereocenters. The molecular formula is C9H15NO3. The van der Waals surface area contributed by atoms with Crippen LogP contribution in [0.5, 0.6) is 0 Å². The van der Waals surface area contributed by atoms with Gasteiger partial charge < -0.3 is 14.7 Å². The van der Waals surface area contributed by atoms with Gasteiger partial charge in [0.25, 0.3) is 0 Å². The number of hydrogen-bond donors (Lipinski definition) is 1. The third-order valence-electron chi connectivity index (χ3n) is 2.98. The summed E-state index contributed by atoms with van der Waals surface area (Å²) < 4.78 is 5.56. The molecule has 4 heteroatoms. The lowest BCUT2D eigenvalue weighted by molar-refractivity contribution is -0.0777. The van der Waals surface area contributed by atoms with E-state index in [1.807, 2.05) is 0 Å². The van der Waals surface area contributed by atoms with E-state index in [9.17, 15) is 4.79 Å². The molecular weight excluding hydrogens is 170 g/mol. The van der Waals surface area contributed by atoms with E-state index in [-0.39, 0.29) is 12.1 Å². The smallest absolute Gasteiger partial charge is 0.407 e. The Hall–Kier alpha value is -0.770. The van der Waals surface area contributed by atoms with Crippen molar-refractivity contribution in [2.45, 2.75) is 37.8 Å². The molecule has 1 aliphatic heterocycles. The Balaban J connectivity index is 2.06. The summed E-state index contributed by atoms with van der Waals surface area (Å²) in [5, 5.41) is 8.95. The summed E-state index contributed by atoms with van der Waals surface area (Å²) in [6.07, 6.45) is 3.67. The van der Waals surface area contributed by atoms with Gasteiger partial charge in [0.1, 0.15) is 0 Å². The predicted molar refractivity (Wildman–Crippen MR) is 46.7 cm³/mol. The summed E-state index contributed by atoms with van der Waals surface area (Å²) in [5.41, 5.74) is 0. The highest BCUT2D eigenvalue weighted by Crippen LogP contribution is 2.28. The van der Waals surface area contributed by atoms with Crippen LogP contribution in [0.2, 0.25) is 0 Å². The first-order valence-corrected chi connectivity index (χ1v) is 4.90. The number of amides is 1. The Kier molecular flexibility index (Phi) is 2.40. The first-order valence-electron chi connectivity index (χ1n) is 4.90. The molecule has 2 aliphatic rings. The summed E-state index contributed by atoms with van der Waals surface area (Å²) >= 11 is 0.